The average molecular weight is 415 g/mol. The van der Waals surface area contributed by atoms with Gasteiger partial charge in [-0.05, 0) is 42.3 Å². The van der Waals surface area contributed by atoms with Gasteiger partial charge in [-0.25, -0.2) is 0 Å². The number of hydrogen-bond acceptors (Lipinski definition) is 3. The summed E-state index contributed by atoms with van der Waals surface area (Å²) in [5, 5.41) is 8.36. The lowest BCUT2D eigenvalue weighted by Gasteiger charge is -2.16. The zero-order valence-corrected chi connectivity index (χ0v) is 17.3. The first-order valence-corrected chi connectivity index (χ1v) is 10.1. The van der Waals surface area contributed by atoms with Gasteiger partial charge in [-0.2, -0.15) is 0 Å². The first-order chi connectivity index (χ1) is 15.0. The van der Waals surface area contributed by atoms with E-state index in [9.17, 15) is 14.4 Å². The van der Waals surface area contributed by atoms with E-state index in [1.165, 1.54) is 0 Å². The van der Waals surface area contributed by atoms with Gasteiger partial charge in [-0.3, -0.25) is 14.4 Å². The van der Waals surface area contributed by atoms with Crippen molar-refractivity contribution in [1.29, 1.82) is 0 Å². The Balaban J connectivity index is 1.50. The maximum atomic E-state index is 12.3. The summed E-state index contributed by atoms with van der Waals surface area (Å²) in [5.41, 5.74) is 2.95. The van der Waals surface area contributed by atoms with Gasteiger partial charge in [0.25, 0.3) is 5.91 Å². The molecule has 3 rings (SSSR count). The van der Waals surface area contributed by atoms with Crippen molar-refractivity contribution in [3.05, 3.63) is 102 Å². The fourth-order valence-corrected chi connectivity index (χ4v) is 3.08. The lowest BCUT2D eigenvalue weighted by atomic mass is 10.1. The number of nitrogens with one attached hydrogen (secondary N) is 3. The molecular formula is C25H25N3O3. The zero-order chi connectivity index (χ0) is 22.1. The monoisotopic (exact) mass is 415 g/mol. The van der Waals surface area contributed by atoms with Crippen molar-refractivity contribution in [3.63, 3.8) is 0 Å². The minimum absolute atomic E-state index is 0.0968. The van der Waals surface area contributed by atoms with Crippen molar-refractivity contribution in [2.75, 3.05) is 11.9 Å². The fraction of sp³-hybridized carbons (Fsp3) is 0.160. The highest BCUT2D eigenvalue weighted by atomic mass is 16.2. The quantitative estimate of drug-likeness (QED) is 0.526. The van der Waals surface area contributed by atoms with Crippen LogP contribution in [0.4, 0.5) is 5.69 Å². The van der Waals surface area contributed by atoms with E-state index in [1.807, 2.05) is 73.7 Å². The van der Waals surface area contributed by atoms with Crippen LogP contribution >= 0.6 is 0 Å². The Morgan fingerprint density at radius 2 is 1.48 bits per heavy atom. The third-order valence-corrected chi connectivity index (χ3v) is 4.71. The maximum Gasteiger partial charge on any atom is 0.255 e. The molecule has 0 heterocycles. The molecule has 0 aliphatic carbocycles. The van der Waals surface area contributed by atoms with Crippen LogP contribution < -0.4 is 16.0 Å². The molecule has 3 N–H and O–H groups in total. The second kappa shape index (κ2) is 10.7. The van der Waals surface area contributed by atoms with Crippen LogP contribution in [0.3, 0.4) is 0 Å². The van der Waals surface area contributed by atoms with Gasteiger partial charge in [0.05, 0.1) is 19.0 Å². The highest BCUT2D eigenvalue weighted by molar-refractivity contribution is 6.04. The Bertz CT molecular complexity index is 1040. The van der Waals surface area contributed by atoms with Crippen molar-refractivity contribution >= 4 is 23.4 Å². The second-order valence-electron chi connectivity index (χ2n) is 7.17. The van der Waals surface area contributed by atoms with Gasteiger partial charge in [0.15, 0.2) is 0 Å². The molecule has 0 spiro atoms. The predicted octanol–water partition coefficient (Wildman–Crippen LogP) is 3.48. The summed E-state index contributed by atoms with van der Waals surface area (Å²) in [7, 11) is 0. The summed E-state index contributed by atoms with van der Waals surface area (Å²) >= 11 is 0. The lowest BCUT2D eigenvalue weighted by molar-refractivity contribution is -0.126. The van der Waals surface area contributed by atoms with Crippen LogP contribution in [0, 0.1) is 0 Å². The van der Waals surface area contributed by atoms with Crippen molar-refractivity contribution in [2.24, 2.45) is 0 Å². The standard InChI is InChI=1S/C25H25N3O3/c1-18(27-24(30)17-26-23(29)15-19-9-4-2-5-10-19)21-13-8-14-22(16-21)28-25(31)20-11-6-3-7-12-20/h2-14,16,18H,15,17H2,1H3,(H,26,29)(H,27,30)(H,28,31). The normalized spacial score (nSPS) is 11.3. The number of carbonyl (C=O) groups is 3. The Morgan fingerprint density at radius 3 is 2.19 bits per heavy atom. The summed E-state index contributed by atoms with van der Waals surface area (Å²) in [4.78, 5) is 36.6. The number of hydrogen-bond donors (Lipinski definition) is 3. The summed E-state index contributed by atoms with van der Waals surface area (Å²) < 4.78 is 0. The number of anilines is 1. The molecule has 0 fully saturated rings. The molecule has 6 nitrogen and oxygen atoms in total. The molecule has 0 aliphatic rings. The third-order valence-electron chi connectivity index (χ3n) is 4.71. The number of rotatable bonds is 8. The minimum atomic E-state index is -0.285. The van der Waals surface area contributed by atoms with Gasteiger partial charge in [0.1, 0.15) is 0 Å². The van der Waals surface area contributed by atoms with Crippen LogP contribution in [0.15, 0.2) is 84.9 Å². The van der Waals surface area contributed by atoms with E-state index in [1.54, 1.807) is 18.2 Å². The van der Waals surface area contributed by atoms with E-state index >= 15 is 0 Å². The average Bonchev–Trinajstić information content (AvgIpc) is 2.79. The molecule has 0 aliphatic heterocycles. The van der Waals surface area contributed by atoms with Gasteiger partial charge >= 0.3 is 0 Å². The molecule has 3 amide bonds. The second-order valence-corrected chi connectivity index (χ2v) is 7.17. The molecule has 0 saturated heterocycles. The summed E-state index contributed by atoms with van der Waals surface area (Å²) in [6, 6.07) is 25.3. The molecule has 158 valence electrons. The molecule has 6 heteroatoms. The molecule has 1 unspecified atom stereocenters. The van der Waals surface area contributed by atoms with Crippen molar-refractivity contribution in [1.82, 2.24) is 10.6 Å². The van der Waals surface area contributed by atoms with E-state index in [2.05, 4.69) is 16.0 Å². The van der Waals surface area contributed by atoms with Crippen LogP contribution in [-0.2, 0) is 16.0 Å². The van der Waals surface area contributed by atoms with Crippen LogP contribution in [0.25, 0.3) is 0 Å². The van der Waals surface area contributed by atoms with Gasteiger partial charge in [0.2, 0.25) is 11.8 Å². The molecule has 0 radical (unpaired) electrons. The smallest absolute Gasteiger partial charge is 0.255 e. The van der Waals surface area contributed by atoms with Crippen LogP contribution in [0.5, 0.6) is 0 Å². The Kier molecular flexibility index (Phi) is 7.54. The lowest BCUT2D eigenvalue weighted by Crippen LogP contribution is -2.38. The molecule has 1 atom stereocenters. The summed E-state index contributed by atoms with van der Waals surface area (Å²) in [6.07, 6.45) is 0.229. The maximum absolute atomic E-state index is 12.3. The van der Waals surface area contributed by atoms with Crippen LogP contribution in [-0.4, -0.2) is 24.3 Å². The largest absolute Gasteiger partial charge is 0.348 e. The van der Waals surface area contributed by atoms with Gasteiger partial charge in [-0.15, -0.1) is 0 Å². The van der Waals surface area contributed by atoms with E-state index < -0.39 is 0 Å². The Hall–Kier alpha value is -3.93. The molecule has 31 heavy (non-hydrogen) atoms. The highest BCUT2D eigenvalue weighted by Gasteiger charge is 2.12. The van der Waals surface area contributed by atoms with Gasteiger partial charge < -0.3 is 16.0 Å². The van der Waals surface area contributed by atoms with E-state index in [4.69, 9.17) is 0 Å². The van der Waals surface area contributed by atoms with Crippen LogP contribution in [0.2, 0.25) is 0 Å². The number of amides is 3. The van der Waals surface area contributed by atoms with E-state index in [0.29, 0.717) is 11.3 Å². The topological polar surface area (TPSA) is 87.3 Å². The van der Waals surface area contributed by atoms with Crippen molar-refractivity contribution in [2.45, 2.75) is 19.4 Å². The van der Waals surface area contributed by atoms with E-state index in [0.717, 1.165) is 11.1 Å². The Labute approximate surface area is 181 Å². The summed E-state index contributed by atoms with van der Waals surface area (Å²) in [6.45, 7) is 1.75. The minimum Gasteiger partial charge on any atom is -0.348 e. The van der Waals surface area contributed by atoms with Crippen molar-refractivity contribution < 1.29 is 14.4 Å². The van der Waals surface area contributed by atoms with Crippen LogP contribution in [0.1, 0.15) is 34.5 Å². The molecule has 3 aromatic rings. The zero-order valence-electron chi connectivity index (χ0n) is 17.3. The summed E-state index contributed by atoms with van der Waals surface area (Å²) in [5.74, 6) is -0.692. The SMILES string of the molecule is CC(NC(=O)CNC(=O)Cc1ccccc1)c1cccc(NC(=O)c2ccccc2)c1. The molecule has 0 aromatic heterocycles. The number of benzene rings is 3. The number of carbonyl (C=O) groups excluding carboxylic acids is 3. The third kappa shape index (κ3) is 6.82. The fourth-order valence-electron chi connectivity index (χ4n) is 3.08. The first-order valence-electron chi connectivity index (χ1n) is 10.1. The van der Waals surface area contributed by atoms with E-state index in [-0.39, 0.29) is 36.7 Å². The highest BCUT2D eigenvalue weighted by Crippen LogP contribution is 2.18. The molecule has 0 bridgehead atoms. The van der Waals surface area contributed by atoms with Crippen molar-refractivity contribution in [3.8, 4) is 0 Å². The Morgan fingerprint density at radius 1 is 0.806 bits per heavy atom. The molecule has 3 aromatic carbocycles. The van der Waals surface area contributed by atoms with Gasteiger partial charge in [-0.1, -0.05) is 60.7 Å². The van der Waals surface area contributed by atoms with Gasteiger partial charge in [0, 0.05) is 11.3 Å². The predicted molar refractivity (Wildman–Crippen MR) is 121 cm³/mol. The molecular weight excluding hydrogens is 390 g/mol. The first kappa shape index (κ1) is 21.8. The molecule has 0 saturated carbocycles.